The molecule has 1 aliphatic heterocycles. The Balaban J connectivity index is 1.58. The van der Waals surface area contributed by atoms with Crippen LogP contribution in [-0.2, 0) is 16.0 Å². The first-order valence-corrected chi connectivity index (χ1v) is 10.3. The number of hydrogen-bond acceptors (Lipinski definition) is 3. The number of likely N-dealkylation sites (N-methyl/N-ethyl adjacent to an activating group) is 1. The number of rotatable bonds is 8. The molecule has 1 saturated heterocycles. The quantitative estimate of drug-likeness (QED) is 0.716. The Labute approximate surface area is 167 Å². The lowest BCUT2D eigenvalue weighted by molar-refractivity contribution is -0.142. The lowest BCUT2D eigenvalue weighted by atomic mass is 10.0. The molecule has 1 atom stereocenters. The fraction of sp³-hybridized carbons (Fsp3) is 0.478. The summed E-state index contributed by atoms with van der Waals surface area (Å²) in [4.78, 5) is 28.4. The minimum Gasteiger partial charge on any atom is -0.356 e. The van der Waals surface area contributed by atoms with Crippen molar-refractivity contribution in [2.45, 2.75) is 39.2 Å². The van der Waals surface area contributed by atoms with E-state index < -0.39 is 0 Å². The van der Waals surface area contributed by atoms with Gasteiger partial charge in [-0.25, -0.2) is 0 Å². The summed E-state index contributed by atoms with van der Waals surface area (Å²) < 4.78 is 0. The summed E-state index contributed by atoms with van der Waals surface area (Å²) in [5.74, 6) is 0.219. The topological polar surface area (TPSA) is 52.6 Å². The van der Waals surface area contributed by atoms with Gasteiger partial charge in [0.25, 0.3) is 0 Å². The summed E-state index contributed by atoms with van der Waals surface area (Å²) in [5, 5.41) is 5.32. The predicted octanol–water partition coefficient (Wildman–Crippen LogP) is 2.83. The molecule has 1 aliphatic rings. The Morgan fingerprint density at radius 2 is 1.93 bits per heavy atom. The fourth-order valence-electron chi connectivity index (χ4n) is 4.01. The van der Waals surface area contributed by atoms with Gasteiger partial charge in [0, 0.05) is 33.1 Å². The Morgan fingerprint density at radius 3 is 2.68 bits per heavy atom. The molecule has 0 aromatic heterocycles. The molecule has 28 heavy (non-hydrogen) atoms. The monoisotopic (exact) mass is 381 g/mol. The molecular formula is C23H31N3O2. The Kier molecular flexibility index (Phi) is 7.04. The number of carbonyl (C=O) groups excluding carboxylic acids is 2. The molecule has 0 radical (unpaired) electrons. The van der Waals surface area contributed by atoms with Gasteiger partial charge in [0.2, 0.25) is 11.8 Å². The second kappa shape index (κ2) is 9.69. The van der Waals surface area contributed by atoms with Gasteiger partial charge in [-0.05, 0) is 42.1 Å². The molecule has 1 heterocycles. The number of carbonyl (C=O) groups is 2. The highest BCUT2D eigenvalue weighted by Gasteiger charge is 2.33. The third-order valence-corrected chi connectivity index (χ3v) is 5.61. The van der Waals surface area contributed by atoms with E-state index in [0.717, 1.165) is 45.4 Å². The van der Waals surface area contributed by atoms with Crippen LogP contribution in [0.1, 0.15) is 32.3 Å². The Hall–Kier alpha value is -2.40. The first-order chi connectivity index (χ1) is 13.6. The van der Waals surface area contributed by atoms with Crippen LogP contribution < -0.4 is 5.32 Å². The van der Waals surface area contributed by atoms with E-state index in [1.165, 1.54) is 23.3 Å². The average molecular weight is 382 g/mol. The second-order valence-electron chi connectivity index (χ2n) is 7.53. The molecular weight excluding hydrogens is 350 g/mol. The molecule has 2 aromatic rings. The summed E-state index contributed by atoms with van der Waals surface area (Å²) in [7, 11) is 0. The standard InChI is InChI=1S/C23H31N3O2/c1-3-25-15-16-26(23(28)22(25)9-6-13-24-18(2)27)14-12-19-10-11-20-7-4-5-8-21(20)17-19/h4-5,7-8,10-11,17,22H,3,6,9,12-16H2,1-2H3,(H,24,27)/t22-/m0/s1. The second-order valence-corrected chi connectivity index (χ2v) is 7.53. The van der Waals surface area contributed by atoms with E-state index in [2.05, 4.69) is 59.6 Å². The van der Waals surface area contributed by atoms with Crippen molar-refractivity contribution >= 4 is 22.6 Å². The highest BCUT2D eigenvalue weighted by molar-refractivity contribution is 5.83. The van der Waals surface area contributed by atoms with Gasteiger partial charge in [0.1, 0.15) is 0 Å². The summed E-state index contributed by atoms with van der Waals surface area (Å²) in [6.45, 7) is 7.63. The number of amides is 2. The summed E-state index contributed by atoms with van der Waals surface area (Å²) >= 11 is 0. The zero-order chi connectivity index (χ0) is 19.9. The number of nitrogens with zero attached hydrogens (tertiary/aromatic N) is 2. The molecule has 1 N–H and O–H groups in total. The van der Waals surface area contributed by atoms with Crippen LogP contribution in [0.15, 0.2) is 42.5 Å². The van der Waals surface area contributed by atoms with Crippen LogP contribution in [0, 0.1) is 0 Å². The molecule has 5 nitrogen and oxygen atoms in total. The largest absolute Gasteiger partial charge is 0.356 e. The minimum absolute atomic E-state index is 0.0145. The number of nitrogens with one attached hydrogen (secondary N) is 1. The van der Waals surface area contributed by atoms with Gasteiger partial charge in [-0.2, -0.15) is 0 Å². The molecule has 5 heteroatoms. The molecule has 3 rings (SSSR count). The van der Waals surface area contributed by atoms with Crippen molar-refractivity contribution in [1.82, 2.24) is 15.1 Å². The van der Waals surface area contributed by atoms with Crippen LogP contribution in [-0.4, -0.2) is 60.4 Å². The van der Waals surface area contributed by atoms with Crippen molar-refractivity contribution in [2.75, 3.05) is 32.7 Å². The maximum atomic E-state index is 13.1. The normalized spacial score (nSPS) is 17.9. The van der Waals surface area contributed by atoms with E-state index in [9.17, 15) is 9.59 Å². The van der Waals surface area contributed by atoms with Crippen LogP contribution >= 0.6 is 0 Å². The number of hydrogen-bond donors (Lipinski definition) is 1. The van der Waals surface area contributed by atoms with Gasteiger partial charge in [-0.1, -0.05) is 49.4 Å². The van der Waals surface area contributed by atoms with E-state index in [4.69, 9.17) is 0 Å². The Bertz CT molecular complexity index is 820. The van der Waals surface area contributed by atoms with Crippen molar-refractivity contribution in [2.24, 2.45) is 0 Å². The van der Waals surface area contributed by atoms with Crippen molar-refractivity contribution in [3.8, 4) is 0 Å². The van der Waals surface area contributed by atoms with Gasteiger partial charge >= 0.3 is 0 Å². The van der Waals surface area contributed by atoms with Crippen molar-refractivity contribution < 1.29 is 9.59 Å². The van der Waals surface area contributed by atoms with E-state index in [1.807, 2.05) is 4.90 Å². The molecule has 0 saturated carbocycles. The third-order valence-electron chi connectivity index (χ3n) is 5.61. The molecule has 0 bridgehead atoms. The zero-order valence-corrected chi connectivity index (χ0v) is 17.0. The highest BCUT2D eigenvalue weighted by atomic mass is 16.2. The first-order valence-electron chi connectivity index (χ1n) is 10.3. The van der Waals surface area contributed by atoms with Crippen molar-refractivity contribution in [3.63, 3.8) is 0 Å². The molecule has 0 aliphatic carbocycles. The van der Waals surface area contributed by atoms with Gasteiger partial charge in [-0.3, -0.25) is 14.5 Å². The van der Waals surface area contributed by atoms with Gasteiger partial charge < -0.3 is 10.2 Å². The summed E-state index contributed by atoms with van der Waals surface area (Å²) in [5.41, 5.74) is 1.27. The van der Waals surface area contributed by atoms with Crippen LogP contribution in [0.4, 0.5) is 0 Å². The molecule has 2 amide bonds. The van der Waals surface area contributed by atoms with Crippen LogP contribution in [0.5, 0.6) is 0 Å². The molecule has 2 aromatic carbocycles. The van der Waals surface area contributed by atoms with Crippen LogP contribution in [0.2, 0.25) is 0 Å². The smallest absolute Gasteiger partial charge is 0.239 e. The third kappa shape index (κ3) is 5.10. The average Bonchev–Trinajstić information content (AvgIpc) is 2.70. The lowest BCUT2D eigenvalue weighted by Gasteiger charge is -2.40. The van der Waals surface area contributed by atoms with Gasteiger partial charge in [-0.15, -0.1) is 0 Å². The van der Waals surface area contributed by atoms with Gasteiger partial charge in [0.15, 0.2) is 0 Å². The van der Waals surface area contributed by atoms with E-state index in [-0.39, 0.29) is 17.9 Å². The van der Waals surface area contributed by atoms with Crippen LogP contribution in [0.3, 0.4) is 0 Å². The molecule has 1 fully saturated rings. The first kappa shape index (κ1) is 20.3. The lowest BCUT2D eigenvalue weighted by Crippen LogP contribution is -2.57. The predicted molar refractivity (Wildman–Crippen MR) is 113 cm³/mol. The fourth-order valence-corrected chi connectivity index (χ4v) is 4.01. The zero-order valence-electron chi connectivity index (χ0n) is 17.0. The van der Waals surface area contributed by atoms with Crippen molar-refractivity contribution in [1.29, 1.82) is 0 Å². The highest BCUT2D eigenvalue weighted by Crippen LogP contribution is 2.19. The van der Waals surface area contributed by atoms with Crippen LogP contribution in [0.25, 0.3) is 10.8 Å². The summed E-state index contributed by atoms with van der Waals surface area (Å²) in [6.07, 6.45) is 2.49. The number of benzene rings is 2. The minimum atomic E-state index is -0.0656. The maximum Gasteiger partial charge on any atom is 0.239 e. The van der Waals surface area contributed by atoms with E-state index >= 15 is 0 Å². The number of fused-ring (bicyclic) bond motifs is 1. The SMILES string of the molecule is CCN1CCN(CCc2ccc3ccccc3c2)C(=O)[C@@H]1CCCNC(C)=O. The Morgan fingerprint density at radius 1 is 1.14 bits per heavy atom. The summed E-state index contributed by atoms with van der Waals surface area (Å²) in [6, 6.07) is 14.9. The number of piperazine rings is 1. The van der Waals surface area contributed by atoms with E-state index in [0.29, 0.717) is 6.54 Å². The van der Waals surface area contributed by atoms with Gasteiger partial charge in [0.05, 0.1) is 6.04 Å². The maximum absolute atomic E-state index is 13.1. The molecule has 0 unspecified atom stereocenters. The molecule has 150 valence electrons. The van der Waals surface area contributed by atoms with E-state index in [1.54, 1.807) is 0 Å². The van der Waals surface area contributed by atoms with Crippen molar-refractivity contribution in [3.05, 3.63) is 48.0 Å². The molecule has 0 spiro atoms.